The third-order valence-electron chi connectivity index (χ3n) is 3.80. The van der Waals surface area contributed by atoms with E-state index in [0.29, 0.717) is 15.8 Å². The van der Waals surface area contributed by atoms with Crippen molar-refractivity contribution in [2.24, 2.45) is 0 Å². The molecule has 0 aliphatic rings. The van der Waals surface area contributed by atoms with Crippen molar-refractivity contribution >= 4 is 45.5 Å². The van der Waals surface area contributed by atoms with Crippen LogP contribution in [-0.4, -0.2) is 17.8 Å². The largest absolute Gasteiger partial charge is 0.545 e. The lowest BCUT2D eigenvalue weighted by atomic mass is 10.2. The van der Waals surface area contributed by atoms with E-state index in [1.165, 1.54) is 36.6 Å². The molecule has 1 aromatic heterocycles. The second kappa shape index (κ2) is 9.03. The van der Waals surface area contributed by atoms with Crippen LogP contribution in [0.1, 0.15) is 26.5 Å². The molecule has 0 aliphatic carbocycles. The van der Waals surface area contributed by atoms with Gasteiger partial charge in [0.05, 0.1) is 17.8 Å². The summed E-state index contributed by atoms with van der Waals surface area (Å²) in [4.78, 5) is 36.4. The quantitative estimate of drug-likeness (QED) is 0.557. The molecule has 0 saturated carbocycles. The Bertz CT molecular complexity index is 1090. The van der Waals surface area contributed by atoms with E-state index in [4.69, 9.17) is 4.42 Å². The highest BCUT2D eigenvalue weighted by Gasteiger charge is 2.17. The predicted molar refractivity (Wildman–Crippen MR) is 108 cm³/mol. The summed E-state index contributed by atoms with van der Waals surface area (Å²) in [6.45, 7) is 0. The standard InChI is InChI=1S/C21H15BrN2O5/c22-17-9-2-1-8-16(17)19(25)24-18(12-15-7-4-10-29-15)20(26)23-14-6-3-5-13(11-14)21(27)28/h1-12H,(H,23,26)(H,24,25)(H,27,28)/p-1/b18-12+. The van der Waals surface area contributed by atoms with E-state index >= 15 is 0 Å². The van der Waals surface area contributed by atoms with Gasteiger partial charge in [0.1, 0.15) is 11.5 Å². The first-order valence-corrected chi connectivity index (χ1v) is 9.17. The molecular weight excluding hydrogens is 440 g/mol. The number of aromatic carboxylic acids is 1. The average molecular weight is 454 g/mol. The summed E-state index contributed by atoms with van der Waals surface area (Å²) in [6.07, 6.45) is 2.80. The fourth-order valence-electron chi connectivity index (χ4n) is 2.43. The van der Waals surface area contributed by atoms with Gasteiger partial charge in [0.15, 0.2) is 0 Å². The van der Waals surface area contributed by atoms with Crippen LogP contribution in [-0.2, 0) is 4.79 Å². The minimum Gasteiger partial charge on any atom is -0.545 e. The van der Waals surface area contributed by atoms with Gasteiger partial charge in [-0.15, -0.1) is 0 Å². The van der Waals surface area contributed by atoms with E-state index in [0.717, 1.165) is 0 Å². The van der Waals surface area contributed by atoms with Crippen molar-refractivity contribution in [1.82, 2.24) is 5.32 Å². The van der Waals surface area contributed by atoms with Crippen molar-refractivity contribution in [1.29, 1.82) is 0 Å². The number of nitrogens with one attached hydrogen (secondary N) is 2. The summed E-state index contributed by atoms with van der Waals surface area (Å²) in [5.74, 6) is -2.17. The van der Waals surface area contributed by atoms with Crippen LogP contribution in [0, 0.1) is 0 Å². The summed E-state index contributed by atoms with van der Waals surface area (Å²) >= 11 is 3.30. The molecule has 7 nitrogen and oxygen atoms in total. The number of benzene rings is 2. The normalized spacial score (nSPS) is 11.0. The molecule has 0 bridgehead atoms. The summed E-state index contributed by atoms with van der Waals surface area (Å²) in [7, 11) is 0. The van der Waals surface area contributed by atoms with Gasteiger partial charge in [-0.25, -0.2) is 0 Å². The zero-order chi connectivity index (χ0) is 20.8. The zero-order valence-electron chi connectivity index (χ0n) is 14.8. The summed E-state index contributed by atoms with van der Waals surface area (Å²) < 4.78 is 5.79. The Kier molecular flexibility index (Phi) is 6.25. The van der Waals surface area contributed by atoms with Crippen LogP contribution >= 0.6 is 15.9 Å². The van der Waals surface area contributed by atoms with Crippen LogP contribution in [0.2, 0.25) is 0 Å². The number of hydrogen-bond acceptors (Lipinski definition) is 5. The van der Waals surface area contributed by atoms with E-state index in [1.807, 2.05) is 0 Å². The highest BCUT2D eigenvalue weighted by atomic mass is 79.9. The number of carboxylic acids is 1. The first kappa shape index (κ1) is 20.1. The molecule has 8 heteroatoms. The van der Waals surface area contributed by atoms with Crippen LogP contribution < -0.4 is 15.7 Å². The second-order valence-corrected chi connectivity index (χ2v) is 6.68. The third-order valence-corrected chi connectivity index (χ3v) is 4.49. The molecule has 0 fully saturated rings. The molecule has 2 N–H and O–H groups in total. The first-order chi connectivity index (χ1) is 13.9. The Morgan fingerprint density at radius 1 is 1.00 bits per heavy atom. The maximum absolute atomic E-state index is 12.8. The van der Waals surface area contributed by atoms with Crippen LogP contribution in [0.3, 0.4) is 0 Å². The van der Waals surface area contributed by atoms with Gasteiger partial charge in [0.2, 0.25) is 0 Å². The van der Waals surface area contributed by atoms with Crippen LogP contribution in [0.25, 0.3) is 6.08 Å². The van der Waals surface area contributed by atoms with Crippen LogP contribution in [0.4, 0.5) is 5.69 Å². The average Bonchev–Trinajstić information content (AvgIpc) is 3.21. The molecule has 3 aromatic rings. The molecule has 146 valence electrons. The molecule has 3 rings (SSSR count). The summed E-state index contributed by atoms with van der Waals surface area (Å²) in [5.41, 5.74) is 0.401. The minimum absolute atomic E-state index is 0.0837. The molecule has 2 amide bonds. The van der Waals surface area contributed by atoms with Gasteiger partial charge in [-0.2, -0.15) is 0 Å². The molecule has 0 aliphatic heterocycles. The van der Waals surface area contributed by atoms with E-state index in [9.17, 15) is 19.5 Å². The van der Waals surface area contributed by atoms with Crippen LogP contribution in [0.5, 0.6) is 0 Å². The number of furan rings is 1. The van der Waals surface area contributed by atoms with Gasteiger partial charge in [-0.1, -0.05) is 24.3 Å². The highest BCUT2D eigenvalue weighted by molar-refractivity contribution is 9.10. The second-order valence-electron chi connectivity index (χ2n) is 5.83. The lowest BCUT2D eigenvalue weighted by molar-refractivity contribution is -0.255. The molecular formula is C21H14BrN2O5-. The fraction of sp³-hybridized carbons (Fsp3) is 0. The molecule has 0 unspecified atom stereocenters. The number of hydrogen-bond donors (Lipinski definition) is 2. The van der Waals surface area contributed by atoms with Crippen LogP contribution in [0.15, 0.2) is 81.5 Å². The van der Waals surface area contributed by atoms with Gasteiger partial charge >= 0.3 is 0 Å². The Labute approximate surface area is 174 Å². The van der Waals surface area contributed by atoms with Gasteiger partial charge in [0, 0.05) is 16.2 Å². The van der Waals surface area contributed by atoms with Crippen molar-refractivity contribution in [2.45, 2.75) is 0 Å². The number of carboxylic acid groups (broad SMARTS) is 1. The van der Waals surface area contributed by atoms with Gasteiger partial charge in [0.25, 0.3) is 11.8 Å². The number of carbonyl (C=O) groups excluding carboxylic acids is 3. The number of amides is 2. The monoisotopic (exact) mass is 453 g/mol. The first-order valence-electron chi connectivity index (χ1n) is 8.38. The number of anilines is 1. The lowest BCUT2D eigenvalue weighted by Crippen LogP contribution is -2.31. The van der Waals surface area contributed by atoms with Crippen molar-refractivity contribution in [3.8, 4) is 0 Å². The van der Waals surface area contributed by atoms with E-state index in [1.54, 1.807) is 36.4 Å². The Morgan fingerprint density at radius 3 is 2.48 bits per heavy atom. The van der Waals surface area contributed by atoms with Gasteiger partial charge in [-0.05, 0) is 57.9 Å². The van der Waals surface area contributed by atoms with Gasteiger partial charge < -0.3 is 25.0 Å². The molecule has 0 atom stereocenters. The topological polar surface area (TPSA) is 111 Å². The van der Waals surface area contributed by atoms with E-state index in [-0.39, 0.29) is 16.9 Å². The Balaban J connectivity index is 1.87. The van der Waals surface area contributed by atoms with Crippen molar-refractivity contribution in [2.75, 3.05) is 5.32 Å². The molecule has 0 saturated heterocycles. The van der Waals surface area contributed by atoms with Gasteiger partial charge in [-0.3, -0.25) is 9.59 Å². The maximum atomic E-state index is 12.8. The number of rotatable bonds is 6. The summed E-state index contributed by atoms with van der Waals surface area (Å²) in [5, 5.41) is 16.1. The zero-order valence-corrected chi connectivity index (χ0v) is 16.4. The minimum atomic E-state index is -1.37. The number of carbonyl (C=O) groups is 3. The summed E-state index contributed by atoms with van der Waals surface area (Å²) in [6, 6.07) is 15.6. The molecule has 2 aromatic carbocycles. The molecule has 1 heterocycles. The van der Waals surface area contributed by atoms with Crippen molar-refractivity contribution in [3.63, 3.8) is 0 Å². The number of halogens is 1. The Hall–Kier alpha value is -3.65. The SMILES string of the molecule is O=C(Nc1cccc(C(=O)[O-])c1)/C(=C\c1ccco1)NC(=O)c1ccccc1Br. The third kappa shape index (κ3) is 5.20. The van der Waals surface area contributed by atoms with E-state index < -0.39 is 17.8 Å². The van der Waals surface area contributed by atoms with E-state index in [2.05, 4.69) is 26.6 Å². The van der Waals surface area contributed by atoms with Crippen molar-refractivity contribution in [3.05, 3.63) is 94.0 Å². The molecule has 29 heavy (non-hydrogen) atoms. The lowest BCUT2D eigenvalue weighted by Gasteiger charge is -2.12. The predicted octanol–water partition coefficient (Wildman–Crippen LogP) is 2.82. The fourth-order valence-corrected chi connectivity index (χ4v) is 2.90. The Morgan fingerprint density at radius 2 is 1.79 bits per heavy atom. The molecule has 0 spiro atoms. The highest BCUT2D eigenvalue weighted by Crippen LogP contribution is 2.17. The van der Waals surface area contributed by atoms with Crippen molar-refractivity contribution < 1.29 is 23.9 Å². The maximum Gasteiger partial charge on any atom is 0.272 e. The molecule has 0 radical (unpaired) electrons. The smallest absolute Gasteiger partial charge is 0.272 e.